The second kappa shape index (κ2) is 5.62. The number of halogens is 2. The monoisotopic (exact) mass is 310 g/mol. The highest BCUT2D eigenvalue weighted by atomic mass is 35.5. The zero-order chi connectivity index (χ0) is 14.0. The molecule has 3 nitrogen and oxygen atoms in total. The van der Waals surface area contributed by atoms with Crippen LogP contribution >= 0.6 is 34.5 Å². The predicted molar refractivity (Wildman–Crippen MR) is 78.9 cm³/mol. The van der Waals surface area contributed by atoms with E-state index in [0.717, 1.165) is 0 Å². The summed E-state index contributed by atoms with van der Waals surface area (Å²) in [4.78, 5) is 12.0. The Morgan fingerprint density at radius 3 is 2.79 bits per heavy atom. The SMILES string of the molecule is Cn1c(=O)/c(=C\c2ccc(Cl)cc2Cl)s/c1=C\C#N. The lowest BCUT2D eigenvalue weighted by atomic mass is 10.2. The van der Waals surface area contributed by atoms with Crippen LogP contribution in [0, 0.1) is 11.3 Å². The third-order valence-corrected chi connectivity index (χ3v) is 4.17. The molecular formula is C13H8Cl2N2OS. The molecule has 0 N–H and O–H groups in total. The van der Waals surface area contributed by atoms with Crippen molar-refractivity contribution >= 4 is 46.7 Å². The largest absolute Gasteiger partial charge is 0.301 e. The number of hydrogen-bond donors (Lipinski definition) is 0. The first kappa shape index (κ1) is 13.9. The molecule has 2 aromatic rings. The van der Waals surface area contributed by atoms with Gasteiger partial charge in [-0.05, 0) is 23.8 Å². The number of nitriles is 1. The number of hydrogen-bond acceptors (Lipinski definition) is 3. The molecule has 0 aliphatic heterocycles. The first-order valence-electron chi connectivity index (χ1n) is 5.25. The highest BCUT2D eigenvalue weighted by molar-refractivity contribution is 7.07. The molecule has 1 heterocycles. The number of thiazole rings is 1. The summed E-state index contributed by atoms with van der Waals surface area (Å²) in [6.07, 6.45) is 3.03. The van der Waals surface area contributed by atoms with Crippen LogP contribution in [0.25, 0.3) is 12.2 Å². The van der Waals surface area contributed by atoms with Gasteiger partial charge in [0.2, 0.25) is 0 Å². The summed E-state index contributed by atoms with van der Waals surface area (Å²) in [6, 6.07) is 6.99. The zero-order valence-electron chi connectivity index (χ0n) is 9.85. The topological polar surface area (TPSA) is 45.8 Å². The fraction of sp³-hybridized carbons (Fsp3) is 0.0769. The molecule has 19 heavy (non-hydrogen) atoms. The lowest BCUT2D eigenvalue weighted by Crippen LogP contribution is -2.28. The highest BCUT2D eigenvalue weighted by Crippen LogP contribution is 2.21. The van der Waals surface area contributed by atoms with Crippen LogP contribution < -0.4 is 14.8 Å². The van der Waals surface area contributed by atoms with Gasteiger partial charge >= 0.3 is 0 Å². The predicted octanol–water partition coefficient (Wildman–Crippen LogP) is 1.89. The lowest BCUT2D eigenvalue weighted by molar-refractivity contribution is 0.857. The molecule has 0 aliphatic rings. The Kier molecular flexibility index (Phi) is 4.11. The van der Waals surface area contributed by atoms with Gasteiger partial charge in [-0.25, -0.2) is 0 Å². The number of rotatable bonds is 1. The van der Waals surface area contributed by atoms with Gasteiger partial charge in [-0.15, -0.1) is 11.3 Å². The quantitative estimate of drug-likeness (QED) is 0.807. The van der Waals surface area contributed by atoms with Crippen LogP contribution in [0.15, 0.2) is 23.0 Å². The maximum atomic E-state index is 12.0. The van der Waals surface area contributed by atoms with Crippen molar-refractivity contribution in [1.82, 2.24) is 4.57 Å². The fourth-order valence-electron chi connectivity index (χ4n) is 1.52. The van der Waals surface area contributed by atoms with Crippen LogP contribution in [-0.2, 0) is 7.05 Å². The Morgan fingerprint density at radius 2 is 2.16 bits per heavy atom. The van der Waals surface area contributed by atoms with Gasteiger partial charge in [0.1, 0.15) is 4.66 Å². The van der Waals surface area contributed by atoms with E-state index < -0.39 is 0 Å². The van der Waals surface area contributed by atoms with Gasteiger partial charge in [0.05, 0.1) is 10.6 Å². The summed E-state index contributed by atoms with van der Waals surface area (Å²) in [7, 11) is 1.63. The summed E-state index contributed by atoms with van der Waals surface area (Å²) in [5.74, 6) is 0. The van der Waals surface area contributed by atoms with E-state index in [1.807, 2.05) is 6.07 Å². The molecule has 96 valence electrons. The number of benzene rings is 1. The molecule has 0 amide bonds. The molecular weight excluding hydrogens is 303 g/mol. The van der Waals surface area contributed by atoms with Crippen LogP contribution in [0.3, 0.4) is 0 Å². The summed E-state index contributed by atoms with van der Waals surface area (Å²) in [5.41, 5.74) is 0.561. The van der Waals surface area contributed by atoms with E-state index in [2.05, 4.69) is 0 Å². The first-order chi connectivity index (χ1) is 9.02. The van der Waals surface area contributed by atoms with E-state index in [1.54, 1.807) is 31.3 Å². The van der Waals surface area contributed by atoms with Gasteiger partial charge in [0.25, 0.3) is 5.56 Å². The molecule has 0 radical (unpaired) electrons. The van der Waals surface area contributed by atoms with E-state index in [1.165, 1.54) is 22.0 Å². The summed E-state index contributed by atoms with van der Waals surface area (Å²) in [6.45, 7) is 0. The van der Waals surface area contributed by atoms with Crippen LogP contribution in [0.2, 0.25) is 10.0 Å². The second-order valence-corrected chi connectivity index (χ2v) is 5.66. The van der Waals surface area contributed by atoms with Gasteiger partial charge in [-0.1, -0.05) is 29.3 Å². The van der Waals surface area contributed by atoms with Crippen molar-refractivity contribution in [3.8, 4) is 6.07 Å². The summed E-state index contributed by atoms with van der Waals surface area (Å²) >= 11 is 13.1. The molecule has 1 aromatic heterocycles. The normalized spacial score (nSPS) is 12.7. The van der Waals surface area contributed by atoms with Crippen LogP contribution in [0.5, 0.6) is 0 Å². The number of aromatic nitrogens is 1. The lowest BCUT2D eigenvalue weighted by Gasteiger charge is -1.97. The van der Waals surface area contributed by atoms with E-state index in [0.29, 0.717) is 24.8 Å². The van der Waals surface area contributed by atoms with Crippen LogP contribution in [-0.4, -0.2) is 4.57 Å². The standard InChI is InChI=1S/C13H8Cl2N2OS/c1-17-12(4-5-16)19-11(13(17)18)6-8-2-3-9(14)7-10(8)15/h2-4,6-7H,1H3/b11-6+,12-4-. The minimum atomic E-state index is -0.155. The van der Waals surface area contributed by atoms with Crippen molar-refractivity contribution in [2.24, 2.45) is 7.05 Å². The Hall–Kier alpha value is -1.54. The van der Waals surface area contributed by atoms with E-state index >= 15 is 0 Å². The molecule has 0 unspecified atom stereocenters. The molecule has 2 rings (SSSR count). The molecule has 1 aromatic carbocycles. The third-order valence-electron chi connectivity index (χ3n) is 2.50. The zero-order valence-corrected chi connectivity index (χ0v) is 12.2. The molecule has 0 saturated carbocycles. The second-order valence-electron chi connectivity index (χ2n) is 3.75. The first-order valence-corrected chi connectivity index (χ1v) is 6.82. The van der Waals surface area contributed by atoms with Crippen LogP contribution in [0.4, 0.5) is 0 Å². The summed E-state index contributed by atoms with van der Waals surface area (Å²) in [5, 5.41) is 9.67. The van der Waals surface area contributed by atoms with Crippen LogP contribution in [0.1, 0.15) is 5.56 Å². The van der Waals surface area contributed by atoms with Gasteiger partial charge in [-0.3, -0.25) is 4.79 Å². The molecule has 0 atom stereocenters. The van der Waals surface area contributed by atoms with Crippen molar-refractivity contribution in [2.75, 3.05) is 0 Å². The average Bonchev–Trinajstić information content (AvgIpc) is 2.62. The van der Waals surface area contributed by atoms with Crippen molar-refractivity contribution in [3.05, 3.63) is 53.4 Å². The molecule has 6 heteroatoms. The molecule has 0 saturated heterocycles. The number of nitrogens with zero attached hydrogens (tertiary/aromatic N) is 2. The minimum absolute atomic E-state index is 0.155. The average molecular weight is 311 g/mol. The summed E-state index contributed by atoms with van der Waals surface area (Å²) < 4.78 is 2.56. The molecule has 0 spiro atoms. The third kappa shape index (κ3) is 2.90. The fourth-order valence-corrected chi connectivity index (χ4v) is 2.95. The molecule has 0 bridgehead atoms. The van der Waals surface area contributed by atoms with Crippen molar-refractivity contribution in [2.45, 2.75) is 0 Å². The Bertz CT molecular complexity index is 843. The van der Waals surface area contributed by atoms with E-state index in [-0.39, 0.29) is 5.56 Å². The Morgan fingerprint density at radius 1 is 1.42 bits per heavy atom. The maximum absolute atomic E-state index is 12.0. The molecule has 0 aliphatic carbocycles. The molecule has 0 fully saturated rings. The van der Waals surface area contributed by atoms with Gasteiger partial charge in [-0.2, -0.15) is 5.26 Å². The van der Waals surface area contributed by atoms with E-state index in [9.17, 15) is 4.79 Å². The van der Waals surface area contributed by atoms with Crippen molar-refractivity contribution in [1.29, 1.82) is 5.26 Å². The smallest absolute Gasteiger partial charge is 0.268 e. The van der Waals surface area contributed by atoms with Gasteiger partial charge in [0.15, 0.2) is 0 Å². The van der Waals surface area contributed by atoms with Gasteiger partial charge < -0.3 is 4.57 Å². The van der Waals surface area contributed by atoms with Gasteiger partial charge in [0, 0.05) is 23.2 Å². The highest BCUT2D eigenvalue weighted by Gasteiger charge is 2.02. The maximum Gasteiger partial charge on any atom is 0.268 e. The van der Waals surface area contributed by atoms with Crippen molar-refractivity contribution in [3.63, 3.8) is 0 Å². The minimum Gasteiger partial charge on any atom is -0.301 e. The Balaban J connectivity index is 2.69. The van der Waals surface area contributed by atoms with Crippen molar-refractivity contribution < 1.29 is 0 Å². The Labute approximate surface area is 123 Å². The van der Waals surface area contributed by atoms with E-state index in [4.69, 9.17) is 28.5 Å².